The summed E-state index contributed by atoms with van der Waals surface area (Å²) in [5.41, 5.74) is 0. The van der Waals surface area contributed by atoms with E-state index in [2.05, 4.69) is 0 Å². The Morgan fingerprint density at radius 3 is 2.79 bits per heavy atom. The molecule has 2 unspecified atom stereocenters. The number of aliphatic hydroxyl groups is 1. The maximum atomic E-state index is 8.97. The first-order chi connectivity index (χ1) is 6.70. The van der Waals surface area contributed by atoms with E-state index in [0.29, 0.717) is 19.8 Å². The summed E-state index contributed by atoms with van der Waals surface area (Å²) in [7, 11) is 0. The molecule has 0 aromatic rings. The highest BCUT2D eigenvalue weighted by molar-refractivity contribution is 6.18. The second-order valence-corrected chi connectivity index (χ2v) is 3.02. The van der Waals surface area contributed by atoms with E-state index in [9.17, 15) is 0 Å². The fraction of sp³-hybridized carbons (Fsp3) is 0.889. The highest BCUT2D eigenvalue weighted by Crippen LogP contribution is 1.98. The molecular weight excluding hydrogens is 208 g/mol. The lowest BCUT2D eigenvalue weighted by Crippen LogP contribution is -2.22. The summed E-state index contributed by atoms with van der Waals surface area (Å²) in [6.45, 7) is 6.75. The van der Waals surface area contributed by atoms with Crippen LogP contribution in [0.4, 0.5) is 0 Å². The first kappa shape index (κ1) is 14.1. The van der Waals surface area contributed by atoms with E-state index in [4.69, 9.17) is 30.9 Å². The summed E-state index contributed by atoms with van der Waals surface area (Å²) in [4.78, 5) is 0. The molecule has 0 aromatic heterocycles. The second kappa shape index (κ2) is 9.68. The molecule has 5 heteroatoms. The molecule has 0 saturated carbocycles. The van der Waals surface area contributed by atoms with Gasteiger partial charge in [-0.1, -0.05) is 0 Å². The van der Waals surface area contributed by atoms with Gasteiger partial charge in [0.1, 0.15) is 6.61 Å². The Balaban J connectivity index is 3.23. The van der Waals surface area contributed by atoms with Gasteiger partial charge < -0.3 is 19.3 Å². The zero-order valence-electron chi connectivity index (χ0n) is 8.61. The van der Waals surface area contributed by atoms with E-state index < -0.39 is 6.29 Å². The van der Waals surface area contributed by atoms with Crippen molar-refractivity contribution in [3.8, 4) is 0 Å². The maximum absolute atomic E-state index is 8.97. The lowest BCUT2D eigenvalue weighted by atomic mass is 10.4. The van der Waals surface area contributed by atoms with Gasteiger partial charge in [-0.25, -0.2) is 0 Å². The predicted molar refractivity (Wildman–Crippen MR) is 54.0 cm³/mol. The standard InChI is InChI=1S/C9H18ClO4/c1-3-12-4-5-13-8(2)7-14-9(11)6-10/h5,8-9,11H,3-4,6-7H2,1-2H3. The minimum atomic E-state index is -0.922. The highest BCUT2D eigenvalue weighted by Gasteiger charge is 2.06. The first-order valence-corrected chi connectivity index (χ1v) is 5.14. The lowest BCUT2D eigenvalue weighted by Gasteiger charge is -2.14. The van der Waals surface area contributed by atoms with E-state index in [1.54, 1.807) is 6.61 Å². The summed E-state index contributed by atoms with van der Waals surface area (Å²) in [6.07, 6.45) is -1.04. The van der Waals surface area contributed by atoms with Crippen LogP contribution in [-0.4, -0.2) is 43.2 Å². The Morgan fingerprint density at radius 1 is 1.50 bits per heavy atom. The average molecular weight is 226 g/mol. The van der Waals surface area contributed by atoms with Crippen LogP contribution >= 0.6 is 11.6 Å². The summed E-state index contributed by atoms with van der Waals surface area (Å²) in [6, 6.07) is 0. The van der Waals surface area contributed by atoms with Crippen molar-refractivity contribution in [2.75, 3.05) is 25.7 Å². The van der Waals surface area contributed by atoms with Gasteiger partial charge in [0, 0.05) is 6.61 Å². The first-order valence-electron chi connectivity index (χ1n) is 4.61. The molecule has 14 heavy (non-hydrogen) atoms. The molecule has 0 bridgehead atoms. The van der Waals surface area contributed by atoms with E-state index in [0.717, 1.165) is 0 Å². The molecule has 0 aliphatic carbocycles. The van der Waals surface area contributed by atoms with Crippen molar-refractivity contribution >= 4 is 11.6 Å². The summed E-state index contributed by atoms with van der Waals surface area (Å²) >= 11 is 5.34. The van der Waals surface area contributed by atoms with Crippen LogP contribution in [0.25, 0.3) is 0 Å². The minimum Gasteiger partial charge on any atom is -0.379 e. The number of halogens is 1. The van der Waals surface area contributed by atoms with Crippen molar-refractivity contribution in [3.05, 3.63) is 6.61 Å². The number of hydrogen-bond acceptors (Lipinski definition) is 4. The molecule has 1 N–H and O–H groups in total. The van der Waals surface area contributed by atoms with Crippen LogP contribution in [0.1, 0.15) is 13.8 Å². The van der Waals surface area contributed by atoms with Gasteiger partial charge in [-0.2, -0.15) is 0 Å². The molecule has 0 fully saturated rings. The van der Waals surface area contributed by atoms with Crippen molar-refractivity contribution in [1.82, 2.24) is 0 Å². The summed E-state index contributed by atoms with van der Waals surface area (Å²) < 4.78 is 15.2. The van der Waals surface area contributed by atoms with Crippen LogP contribution in [-0.2, 0) is 14.2 Å². The van der Waals surface area contributed by atoms with E-state index in [1.807, 2.05) is 13.8 Å². The number of aliphatic hydroxyl groups excluding tert-OH is 1. The number of rotatable bonds is 9. The molecular formula is C9H18ClO4. The third kappa shape index (κ3) is 8.72. The minimum absolute atomic E-state index is 0.0649. The van der Waals surface area contributed by atoms with Gasteiger partial charge in [0.2, 0.25) is 0 Å². The van der Waals surface area contributed by atoms with E-state index in [-0.39, 0.29) is 12.0 Å². The Morgan fingerprint density at radius 2 is 2.21 bits per heavy atom. The number of hydrogen-bond donors (Lipinski definition) is 1. The smallest absolute Gasteiger partial charge is 0.168 e. The van der Waals surface area contributed by atoms with E-state index in [1.165, 1.54) is 0 Å². The zero-order valence-corrected chi connectivity index (χ0v) is 9.37. The lowest BCUT2D eigenvalue weighted by molar-refractivity contribution is -0.111. The molecule has 0 aromatic carbocycles. The largest absolute Gasteiger partial charge is 0.379 e. The Hall–Kier alpha value is 0.130. The van der Waals surface area contributed by atoms with Gasteiger partial charge in [-0.15, -0.1) is 11.6 Å². The molecule has 85 valence electrons. The molecule has 0 aliphatic heterocycles. The SMILES string of the molecule is CCOC[CH]OC(C)COC(O)CCl. The molecule has 0 amide bonds. The van der Waals surface area contributed by atoms with Crippen molar-refractivity contribution in [2.24, 2.45) is 0 Å². The molecule has 0 aliphatic rings. The molecule has 0 spiro atoms. The van der Waals surface area contributed by atoms with Crippen molar-refractivity contribution in [1.29, 1.82) is 0 Å². The molecule has 1 radical (unpaired) electrons. The fourth-order valence-corrected chi connectivity index (χ4v) is 0.789. The van der Waals surface area contributed by atoms with Crippen LogP contribution < -0.4 is 0 Å². The van der Waals surface area contributed by atoms with Gasteiger partial charge in [0.05, 0.1) is 25.2 Å². The number of alkyl halides is 1. The quantitative estimate of drug-likeness (QED) is 0.364. The molecule has 2 atom stereocenters. The van der Waals surface area contributed by atoms with Crippen molar-refractivity contribution in [3.63, 3.8) is 0 Å². The van der Waals surface area contributed by atoms with Gasteiger partial charge in [0.15, 0.2) is 6.29 Å². The van der Waals surface area contributed by atoms with Gasteiger partial charge in [0.25, 0.3) is 0 Å². The molecule has 4 nitrogen and oxygen atoms in total. The Labute approximate surface area is 90.1 Å². The summed E-state index contributed by atoms with van der Waals surface area (Å²) in [5, 5.41) is 8.97. The van der Waals surface area contributed by atoms with Gasteiger partial charge >= 0.3 is 0 Å². The Kier molecular flexibility index (Phi) is 9.77. The topological polar surface area (TPSA) is 47.9 Å². The Bertz CT molecular complexity index is 123. The van der Waals surface area contributed by atoms with Crippen molar-refractivity contribution in [2.45, 2.75) is 26.2 Å². The molecule has 0 heterocycles. The van der Waals surface area contributed by atoms with Gasteiger partial charge in [-0.3, -0.25) is 0 Å². The van der Waals surface area contributed by atoms with Crippen LogP contribution in [0.15, 0.2) is 0 Å². The normalized spacial score (nSPS) is 15.4. The maximum Gasteiger partial charge on any atom is 0.168 e. The molecule has 0 rings (SSSR count). The van der Waals surface area contributed by atoms with Crippen LogP contribution in [0.2, 0.25) is 0 Å². The third-order valence-corrected chi connectivity index (χ3v) is 1.64. The third-order valence-electron chi connectivity index (χ3n) is 1.37. The summed E-state index contributed by atoms with van der Waals surface area (Å²) in [5.74, 6) is 0.0649. The zero-order chi connectivity index (χ0) is 10.8. The number of ether oxygens (including phenoxy) is 3. The molecule has 0 saturated heterocycles. The fourth-order valence-electron chi connectivity index (χ4n) is 0.700. The van der Waals surface area contributed by atoms with E-state index >= 15 is 0 Å². The average Bonchev–Trinajstić information content (AvgIpc) is 2.21. The highest BCUT2D eigenvalue weighted by atomic mass is 35.5. The van der Waals surface area contributed by atoms with Crippen LogP contribution in [0.5, 0.6) is 0 Å². The van der Waals surface area contributed by atoms with Crippen molar-refractivity contribution < 1.29 is 19.3 Å². The monoisotopic (exact) mass is 225 g/mol. The van der Waals surface area contributed by atoms with Crippen LogP contribution in [0.3, 0.4) is 0 Å². The second-order valence-electron chi connectivity index (χ2n) is 2.72. The van der Waals surface area contributed by atoms with Crippen LogP contribution in [0, 0.1) is 6.61 Å². The predicted octanol–water partition coefficient (Wildman–Crippen LogP) is 1.16. The van der Waals surface area contributed by atoms with Gasteiger partial charge in [-0.05, 0) is 13.8 Å².